The first kappa shape index (κ1) is 12.1. The van der Waals surface area contributed by atoms with Crippen LogP contribution >= 0.6 is 0 Å². The van der Waals surface area contributed by atoms with Crippen LogP contribution in [0.3, 0.4) is 0 Å². The van der Waals surface area contributed by atoms with Crippen LogP contribution in [0.1, 0.15) is 12.8 Å². The SMILES string of the molecule is COC1CCC(CO)N(c2ccc(N)nc2)C1. The van der Waals surface area contributed by atoms with Gasteiger partial charge in [0.1, 0.15) is 5.82 Å². The number of nitrogens with two attached hydrogens (primary N) is 1. The summed E-state index contributed by atoms with van der Waals surface area (Å²) in [5.41, 5.74) is 6.56. The topological polar surface area (TPSA) is 71.6 Å². The van der Waals surface area contributed by atoms with Gasteiger partial charge in [-0.15, -0.1) is 0 Å². The Kier molecular flexibility index (Phi) is 3.81. The van der Waals surface area contributed by atoms with E-state index in [2.05, 4.69) is 9.88 Å². The molecule has 17 heavy (non-hydrogen) atoms. The molecule has 3 N–H and O–H groups in total. The minimum absolute atomic E-state index is 0.145. The molecule has 1 aliphatic heterocycles. The van der Waals surface area contributed by atoms with E-state index in [1.807, 2.05) is 6.07 Å². The molecule has 5 nitrogen and oxygen atoms in total. The number of aliphatic hydroxyl groups excluding tert-OH is 1. The first-order valence-corrected chi connectivity index (χ1v) is 5.86. The van der Waals surface area contributed by atoms with Gasteiger partial charge >= 0.3 is 0 Å². The first-order valence-electron chi connectivity index (χ1n) is 5.86. The van der Waals surface area contributed by atoms with E-state index in [1.165, 1.54) is 0 Å². The fourth-order valence-corrected chi connectivity index (χ4v) is 2.26. The van der Waals surface area contributed by atoms with Gasteiger partial charge in [-0.2, -0.15) is 0 Å². The van der Waals surface area contributed by atoms with Crippen LogP contribution in [0.15, 0.2) is 18.3 Å². The van der Waals surface area contributed by atoms with Crippen molar-refractivity contribution in [3.63, 3.8) is 0 Å². The Bertz CT molecular complexity index is 355. The van der Waals surface area contributed by atoms with E-state index in [0.717, 1.165) is 25.1 Å². The highest BCUT2D eigenvalue weighted by atomic mass is 16.5. The van der Waals surface area contributed by atoms with Gasteiger partial charge in [-0.1, -0.05) is 0 Å². The highest BCUT2D eigenvalue weighted by molar-refractivity contribution is 5.49. The smallest absolute Gasteiger partial charge is 0.123 e. The maximum Gasteiger partial charge on any atom is 0.123 e. The lowest BCUT2D eigenvalue weighted by Crippen LogP contribution is -2.48. The number of rotatable bonds is 3. The normalized spacial score (nSPS) is 24.9. The van der Waals surface area contributed by atoms with Gasteiger partial charge in [-0.3, -0.25) is 0 Å². The lowest BCUT2D eigenvalue weighted by Gasteiger charge is -2.39. The molecule has 2 atom stereocenters. The van der Waals surface area contributed by atoms with Crippen molar-refractivity contribution >= 4 is 11.5 Å². The standard InChI is InChI=1S/C12H19N3O2/c1-17-11-4-2-10(8-16)15(7-11)9-3-5-12(13)14-6-9/h3,5-6,10-11,16H,2,4,7-8H2,1H3,(H2,13,14). The van der Waals surface area contributed by atoms with Gasteiger partial charge in [-0.05, 0) is 25.0 Å². The Morgan fingerprint density at radius 2 is 2.35 bits per heavy atom. The predicted octanol–water partition coefficient (Wildman–Crippen LogP) is 0.640. The first-order chi connectivity index (χ1) is 8.24. The lowest BCUT2D eigenvalue weighted by molar-refractivity contribution is 0.0744. The number of nitrogen functional groups attached to an aromatic ring is 1. The monoisotopic (exact) mass is 237 g/mol. The Hall–Kier alpha value is -1.33. The van der Waals surface area contributed by atoms with Crippen LogP contribution in [0.25, 0.3) is 0 Å². The van der Waals surface area contributed by atoms with Gasteiger partial charge in [0.2, 0.25) is 0 Å². The summed E-state index contributed by atoms with van der Waals surface area (Å²) in [5, 5.41) is 9.41. The fraction of sp³-hybridized carbons (Fsp3) is 0.583. The molecular formula is C12H19N3O2. The minimum atomic E-state index is 0.145. The molecule has 0 saturated carbocycles. The van der Waals surface area contributed by atoms with E-state index in [9.17, 15) is 5.11 Å². The van der Waals surface area contributed by atoms with Crippen molar-refractivity contribution in [1.82, 2.24) is 4.98 Å². The summed E-state index contributed by atoms with van der Waals surface area (Å²) >= 11 is 0. The average molecular weight is 237 g/mol. The molecule has 1 fully saturated rings. The second kappa shape index (κ2) is 5.33. The molecule has 2 unspecified atom stereocenters. The summed E-state index contributed by atoms with van der Waals surface area (Å²) in [7, 11) is 1.73. The maximum atomic E-state index is 9.41. The van der Waals surface area contributed by atoms with E-state index in [1.54, 1.807) is 19.4 Å². The van der Waals surface area contributed by atoms with Gasteiger partial charge < -0.3 is 20.5 Å². The number of methoxy groups -OCH3 is 1. The molecule has 94 valence electrons. The van der Waals surface area contributed by atoms with Crippen molar-refractivity contribution in [3.05, 3.63) is 18.3 Å². The third-order valence-corrected chi connectivity index (χ3v) is 3.31. The molecule has 1 aromatic rings. The van der Waals surface area contributed by atoms with Crippen LogP contribution in [0, 0.1) is 0 Å². The van der Waals surface area contributed by atoms with Gasteiger partial charge in [0, 0.05) is 13.7 Å². The Morgan fingerprint density at radius 1 is 1.53 bits per heavy atom. The van der Waals surface area contributed by atoms with Crippen LogP contribution in [0.2, 0.25) is 0 Å². The highest BCUT2D eigenvalue weighted by Crippen LogP contribution is 2.25. The molecule has 1 saturated heterocycles. The van der Waals surface area contributed by atoms with E-state index >= 15 is 0 Å². The number of hydrogen-bond donors (Lipinski definition) is 2. The second-order valence-electron chi connectivity index (χ2n) is 4.37. The minimum Gasteiger partial charge on any atom is -0.394 e. The molecular weight excluding hydrogens is 218 g/mol. The quantitative estimate of drug-likeness (QED) is 0.807. The number of anilines is 2. The zero-order valence-electron chi connectivity index (χ0n) is 10.0. The van der Waals surface area contributed by atoms with Gasteiger partial charge in [0.15, 0.2) is 0 Å². The largest absolute Gasteiger partial charge is 0.394 e. The highest BCUT2D eigenvalue weighted by Gasteiger charge is 2.27. The molecule has 0 aliphatic carbocycles. The summed E-state index contributed by atoms with van der Waals surface area (Å²) in [5.74, 6) is 0.509. The lowest BCUT2D eigenvalue weighted by atomic mass is 10.00. The Labute approximate surface area is 101 Å². The molecule has 1 aromatic heterocycles. The second-order valence-corrected chi connectivity index (χ2v) is 4.37. The molecule has 5 heteroatoms. The van der Waals surface area contributed by atoms with E-state index in [-0.39, 0.29) is 18.8 Å². The average Bonchev–Trinajstić information content (AvgIpc) is 2.39. The van der Waals surface area contributed by atoms with Crippen LogP contribution in [-0.4, -0.2) is 42.5 Å². The third kappa shape index (κ3) is 2.68. The summed E-state index contributed by atoms with van der Waals surface area (Å²) < 4.78 is 5.39. The Balaban J connectivity index is 2.17. The Morgan fingerprint density at radius 3 is 2.94 bits per heavy atom. The zero-order valence-corrected chi connectivity index (χ0v) is 10.0. The van der Waals surface area contributed by atoms with E-state index < -0.39 is 0 Å². The van der Waals surface area contributed by atoms with Gasteiger partial charge in [0.25, 0.3) is 0 Å². The predicted molar refractivity (Wildman–Crippen MR) is 66.9 cm³/mol. The third-order valence-electron chi connectivity index (χ3n) is 3.31. The molecule has 0 amide bonds. The summed E-state index contributed by atoms with van der Waals surface area (Å²) in [6.45, 7) is 0.939. The number of pyridine rings is 1. The molecule has 0 spiro atoms. The fourth-order valence-electron chi connectivity index (χ4n) is 2.26. The summed E-state index contributed by atoms with van der Waals surface area (Å²) in [6, 6.07) is 3.86. The maximum absolute atomic E-state index is 9.41. The van der Waals surface area contributed by atoms with Gasteiger partial charge in [-0.25, -0.2) is 4.98 Å². The number of hydrogen-bond acceptors (Lipinski definition) is 5. The van der Waals surface area contributed by atoms with Crippen LogP contribution in [0.5, 0.6) is 0 Å². The van der Waals surface area contributed by atoms with Crippen molar-refractivity contribution in [3.8, 4) is 0 Å². The molecule has 2 heterocycles. The van der Waals surface area contributed by atoms with E-state index in [4.69, 9.17) is 10.5 Å². The van der Waals surface area contributed by atoms with Crippen molar-refractivity contribution in [1.29, 1.82) is 0 Å². The summed E-state index contributed by atoms with van der Waals surface area (Å²) in [4.78, 5) is 6.23. The summed E-state index contributed by atoms with van der Waals surface area (Å²) in [6.07, 6.45) is 3.88. The van der Waals surface area contributed by atoms with Gasteiger partial charge in [0.05, 0.1) is 30.6 Å². The van der Waals surface area contributed by atoms with Crippen molar-refractivity contribution < 1.29 is 9.84 Å². The van der Waals surface area contributed by atoms with Crippen LogP contribution in [0.4, 0.5) is 11.5 Å². The molecule has 0 radical (unpaired) electrons. The number of nitrogens with zero attached hydrogens (tertiary/aromatic N) is 2. The number of aliphatic hydroxyl groups is 1. The van der Waals surface area contributed by atoms with Crippen molar-refractivity contribution in [2.45, 2.75) is 25.0 Å². The molecule has 1 aliphatic rings. The van der Waals surface area contributed by atoms with Crippen LogP contribution < -0.4 is 10.6 Å². The number of ether oxygens (including phenoxy) is 1. The van der Waals surface area contributed by atoms with Crippen molar-refractivity contribution in [2.75, 3.05) is 30.9 Å². The zero-order chi connectivity index (χ0) is 12.3. The molecule has 2 rings (SSSR count). The van der Waals surface area contributed by atoms with Crippen LogP contribution in [-0.2, 0) is 4.74 Å². The molecule has 0 bridgehead atoms. The number of piperidine rings is 1. The van der Waals surface area contributed by atoms with E-state index in [0.29, 0.717) is 5.82 Å². The number of aromatic nitrogens is 1. The van der Waals surface area contributed by atoms with Crippen molar-refractivity contribution in [2.24, 2.45) is 0 Å². The molecule has 0 aromatic carbocycles.